The molecule has 1 atom stereocenters. The van der Waals surface area contributed by atoms with Gasteiger partial charge in [-0.1, -0.05) is 42.5 Å². The van der Waals surface area contributed by atoms with Crippen molar-refractivity contribution < 1.29 is 27.8 Å². The van der Waals surface area contributed by atoms with E-state index in [-0.39, 0.29) is 31.3 Å². The van der Waals surface area contributed by atoms with Gasteiger partial charge in [0.1, 0.15) is 5.75 Å². The number of carbonyl (C=O) groups is 1. The first-order valence-corrected chi connectivity index (χ1v) is 11.7. The molecule has 35 heavy (non-hydrogen) atoms. The van der Waals surface area contributed by atoms with Crippen LogP contribution in [0.3, 0.4) is 0 Å². The minimum atomic E-state index is -2.57. The van der Waals surface area contributed by atoms with Crippen LogP contribution in [0.2, 0.25) is 0 Å². The fourth-order valence-corrected chi connectivity index (χ4v) is 4.59. The lowest BCUT2D eigenvalue weighted by molar-refractivity contribution is -0.122. The van der Waals surface area contributed by atoms with Gasteiger partial charge in [0.2, 0.25) is 5.92 Å². The minimum absolute atomic E-state index is 0.121. The fraction of sp³-hybridized carbons (Fsp3) is 0.321. The first-order chi connectivity index (χ1) is 16.9. The number of hydrogen-bond acceptors (Lipinski definition) is 4. The Morgan fingerprint density at radius 2 is 1.66 bits per heavy atom. The maximum Gasteiger partial charge on any atom is 0.268 e. The highest BCUT2D eigenvalue weighted by molar-refractivity contribution is 5.99. The first-order valence-electron chi connectivity index (χ1n) is 11.7. The molecule has 2 fully saturated rings. The van der Waals surface area contributed by atoms with E-state index in [1.165, 1.54) is 7.11 Å². The summed E-state index contributed by atoms with van der Waals surface area (Å²) in [7, 11) is 1.51. The lowest BCUT2D eigenvalue weighted by Gasteiger charge is -2.34. The molecule has 0 spiro atoms. The van der Waals surface area contributed by atoms with Gasteiger partial charge in [0.15, 0.2) is 17.6 Å². The summed E-state index contributed by atoms with van der Waals surface area (Å²) in [6.07, 6.45) is -0.298. The maximum atomic E-state index is 13.1. The van der Waals surface area contributed by atoms with Crippen molar-refractivity contribution >= 4 is 11.6 Å². The third kappa shape index (κ3) is 5.09. The Morgan fingerprint density at radius 1 is 0.943 bits per heavy atom. The number of amides is 1. The van der Waals surface area contributed by atoms with Gasteiger partial charge in [-0.2, -0.15) is 0 Å². The Balaban J connectivity index is 1.21. The Bertz CT molecular complexity index is 1180. The summed E-state index contributed by atoms with van der Waals surface area (Å²) < 4.78 is 43.3. The van der Waals surface area contributed by atoms with Gasteiger partial charge in [-0.3, -0.25) is 4.79 Å². The summed E-state index contributed by atoms with van der Waals surface area (Å²) in [5.74, 6) is -1.26. The van der Waals surface area contributed by atoms with Gasteiger partial charge in [0.05, 0.1) is 13.7 Å². The van der Waals surface area contributed by atoms with E-state index < -0.39 is 12.0 Å². The summed E-state index contributed by atoms with van der Waals surface area (Å²) in [5.41, 5.74) is 2.88. The van der Waals surface area contributed by atoms with Gasteiger partial charge in [0, 0.05) is 43.5 Å². The highest BCUT2D eigenvalue weighted by Crippen LogP contribution is 2.43. The van der Waals surface area contributed by atoms with Crippen molar-refractivity contribution in [3.63, 3.8) is 0 Å². The van der Waals surface area contributed by atoms with Gasteiger partial charge in [-0.25, -0.2) is 8.78 Å². The summed E-state index contributed by atoms with van der Waals surface area (Å²) in [6.45, 7) is 0.735. The van der Waals surface area contributed by atoms with E-state index in [0.29, 0.717) is 35.9 Å². The average molecular weight is 480 g/mol. The summed E-state index contributed by atoms with van der Waals surface area (Å²) in [4.78, 5) is 14.7. The summed E-state index contributed by atoms with van der Waals surface area (Å²) >= 11 is 0. The lowest BCUT2D eigenvalue weighted by atomic mass is 9.82. The quantitative estimate of drug-likeness (QED) is 0.399. The molecule has 1 saturated carbocycles. The maximum absolute atomic E-state index is 13.1. The van der Waals surface area contributed by atoms with Crippen LogP contribution in [0.5, 0.6) is 17.2 Å². The van der Waals surface area contributed by atoms with E-state index in [4.69, 9.17) is 14.2 Å². The van der Waals surface area contributed by atoms with Crippen LogP contribution in [0, 0.1) is 5.92 Å². The van der Waals surface area contributed by atoms with Crippen molar-refractivity contribution in [3.8, 4) is 28.4 Å². The third-order valence-corrected chi connectivity index (χ3v) is 6.50. The predicted octanol–water partition coefficient (Wildman–Crippen LogP) is 5.97. The van der Waals surface area contributed by atoms with Crippen LogP contribution in [-0.2, 0) is 4.79 Å². The molecule has 1 aliphatic carbocycles. The number of anilines is 1. The van der Waals surface area contributed by atoms with E-state index in [2.05, 4.69) is 0 Å². The van der Waals surface area contributed by atoms with E-state index in [9.17, 15) is 13.6 Å². The smallest absolute Gasteiger partial charge is 0.268 e. The molecule has 5 rings (SSSR count). The van der Waals surface area contributed by atoms with Crippen LogP contribution < -0.4 is 19.1 Å². The van der Waals surface area contributed by atoms with Gasteiger partial charge in [-0.15, -0.1) is 0 Å². The molecule has 5 nitrogen and oxygen atoms in total. The van der Waals surface area contributed by atoms with E-state index >= 15 is 0 Å². The Labute approximate surface area is 203 Å². The zero-order valence-corrected chi connectivity index (χ0v) is 19.5. The number of hydrogen-bond donors (Lipinski definition) is 0. The minimum Gasteiger partial charge on any atom is -0.493 e. The molecule has 0 radical (unpaired) electrons. The number of nitrogens with zero attached hydrogens (tertiary/aromatic N) is 1. The number of alkyl halides is 2. The molecule has 1 heterocycles. The van der Waals surface area contributed by atoms with E-state index in [0.717, 1.165) is 11.1 Å². The van der Waals surface area contributed by atoms with Crippen LogP contribution in [0.25, 0.3) is 11.1 Å². The second kappa shape index (κ2) is 9.56. The van der Waals surface area contributed by atoms with Crippen LogP contribution in [0.15, 0.2) is 72.8 Å². The van der Waals surface area contributed by atoms with Gasteiger partial charge >= 0.3 is 0 Å². The molecular weight excluding hydrogens is 452 g/mol. The standard InChI is InChI=1S/C28H27F2NO4/c1-33-26-15-22(9-12-24(26)34-18-19-16-28(29,30)17-19)31-14-13-25(27(31)32)35-23-10-7-21(8-11-23)20-5-3-2-4-6-20/h2-12,15,19,25H,13-14,16-18H2,1H3. The van der Waals surface area contributed by atoms with Gasteiger partial charge in [-0.05, 0) is 35.4 Å². The Hall–Kier alpha value is -3.61. The predicted molar refractivity (Wildman–Crippen MR) is 129 cm³/mol. The molecule has 1 unspecified atom stereocenters. The third-order valence-electron chi connectivity index (χ3n) is 6.50. The van der Waals surface area contributed by atoms with Crippen molar-refractivity contribution in [3.05, 3.63) is 72.8 Å². The number of rotatable bonds is 8. The highest BCUT2D eigenvalue weighted by Gasteiger charge is 2.45. The molecule has 1 aliphatic heterocycles. The molecule has 0 N–H and O–H groups in total. The van der Waals surface area contributed by atoms with Crippen LogP contribution >= 0.6 is 0 Å². The largest absolute Gasteiger partial charge is 0.493 e. The number of carbonyl (C=O) groups excluding carboxylic acids is 1. The van der Waals surface area contributed by atoms with Crippen molar-refractivity contribution in [2.24, 2.45) is 5.92 Å². The van der Waals surface area contributed by atoms with Crippen LogP contribution in [-0.4, -0.2) is 38.2 Å². The topological polar surface area (TPSA) is 48.0 Å². The van der Waals surface area contributed by atoms with Crippen molar-refractivity contribution in [1.29, 1.82) is 0 Å². The first kappa shape index (κ1) is 23.1. The molecule has 1 saturated heterocycles. The SMILES string of the molecule is COc1cc(N2CCC(Oc3ccc(-c4ccccc4)cc3)C2=O)ccc1OCC1CC(F)(F)C1. The second-order valence-corrected chi connectivity index (χ2v) is 9.05. The zero-order chi connectivity index (χ0) is 24.4. The summed E-state index contributed by atoms with van der Waals surface area (Å²) in [5, 5.41) is 0. The highest BCUT2D eigenvalue weighted by atomic mass is 19.3. The molecular formula is C28H27F2NO4. The Kier molecular flexibility index (Phi) is 6.32. The number of benzene rings is 3. The Morgan fingerprint density at radius 3 is 2.34 bits per heavy atom. The molecule has 182 valence electrons. The molecule has 3 aromatic rings. The molecule has 1 amide bonds. The number of ether oxygens (including phenoxy) is 3. The van der Waals surface area contributed by atoms with E-state index in [1.807, 2.05) is 54.6 Å². The normalized spacial score (nSPS) is 19.3. The number of halogens is 2. The van der Waals surface area contributed by atoms with Crippen molar-refractivity contribution in [2.45, 2.75) is 31.3 Å². The second-order valence-electron chi connectivity index (χ2n) is 9.05. The monoisotopic (exact) mass is 479 g/mol. The molecule has 0 aromatic heterocycles. The van der Waals surface area contributed by atoms with Crippen molar-refractivity contribution in [1.82, 2.24) is 0 Å². The molecule has 3 aromatic carbocycles. The molecule has 0 bridgehead atoms. The zero-order valence-electron chi connectivity index (χ0n) is 19.5. The fourth-order valence-electron chi connectivity index (χ4n) is 4.59. The van der Waals surface area contributed by atoms with E-state index in [1.54, 1.807) is 23.1 Å². The van der Waals surface area contributed by atoms with Gasteiger partial charge in [0.25, 0.3) is 5.91 Å². The number of methoxy groups -OCH3 is 1. The summed E-state index contributed by atoms with van der Waals surface area (Å²) in [6, 6.07) is 23.0. The van der Waals surface area contributed by atoms with Gasteiger partial charge < -0.3 is 19.1 Å². The van der Waals surface area contributed by atoms with Crippen LogP contribution in [0.4, 0.5) is 14.5 Å². The average Bonchev–Trinajstić information content (AvgIpc) is 3.22. The molecule has 2 aliphatic rings. The lowest BCUT2D eigenvalue weighted by Crippen LogP contribution is -2.38. The van der Waals surface area contributed by atoms with Crippen molar-refractivity contribution in [2.75, 3.05) is 25.2 Å². The molecule has 7 heteroatoms. The van der Waals surface area contributed by atoms with Crippen LogP contribution in [0.1, 0.15) is 19.3 Å².